The second-order valence-electron chi connectivity index (χ2n) is 2.16. The van der Waals surface area contributed by atoms with E-state index >= 15 is 0 Å². The number of hydrogen-bond acceptors (Lipinski definition) is 5. The average Bonchev–Trinajstić information content (AvgIpc) is 2.03. The summed E-state index contributed by atoms with van der Waals surface area (Å²) in [6.45, 7) is 0. The van der Waals surface area contributed by atoms with E-state index in [9.17, 15) is 25.3 Å². The van der Waals surface area contributed by atoms with Gasteiger partial charge in [-0.3, -0.25) is 20.2 Å². The van der Waals surface area contributed by atoms with E-state index in [0.29, 0.717) is 6.07 Å². The van der Waals surface area contributed by atoms with Crippen LogP contribution >= 0.6 is 0 Å². The summed E-state index contributed by atoms with van der Waals surface area (Å²) in [5.74, 6) is -0.627. The van der Waals surface area contributed by atoms with E-state index in [-0.39, 0.29) is 0 Å². The lowest BCUT2D eigenvalue weighted by Crippen LogP contribution is -1.98. The summed E-state index contributed by atoms with van der Waals surface area (Å²) in [5.41, 5.74) is -1.46. The van der Waals surface area contributed by atoms with Crippen molar-refractivity contribution in [2.24, 2.45) is 0 Å². The van der Waals surface area contributed by atoms with Crippen LogP contribution in [0, 0.1) is 20.2 Å². The average molecular weight is 183 g/mol. The lowest BCUT2D eigenvalue weighted by atomic mass is 10.2. The van der Waals surface area contributed by atoms with E-state index in [1.807, 2.05) is 0 Å². The Hall–Kier alpha value is -2.18. The second kappa shape index (κ2) is 3.05. The van der Waals surface area contributed by atoms with Crippen LogP contribution in [-0.4, -0.2) is 9.85 Å². The second-order valence-corrected chi connectivity index (χ2v) is 2.16. The summed E-state index contributed by atoms with van der Waals surface area (Å²) in [6.07, 6.45) is 0. The molecule has 0 aromatic heterocycles. The normalized spacial score (nSPS) is 9.54. The summed E-state index contributed by atoms with van der Waals surface area (Å²) in [7, 11) is 0. The highest BCUT2D eigenvalue weighted by Gasteiger charge is 2.22. The predicted octanol–water partition coefficient (Wildman–Crippen LogP) is 0.577. The molecule has 1 rings (SSSR count). The van der Waals surface area contributed by atoms with Gasteiger partial charge < -0.3 is 5.11 Å². The smallest absolute Gasteiger partial charge is 0.345 e. The lowest BCUT2D eigenvalue weighted by molar-refractivity contribution is -0.423. The third-order valence-corrected chi connectivity index (χ3v) is 1.34. The van der Waals surface area contributed by atoms with Gasteiger partial charge in [0.2, 0.25) is 0 Å². The molecule has 7 heteroatoms. The molecule has 7 nitrogen and oxygen atoms in total. The maximum atomic E-state index is 10.6. The van der Waals surface area contributed by atoms with Crippen molar-refractivity contribution in [1.29, 1.82) is 0 Å². The molecule has 13 heavy (non-hydrogen) atoms. The van der Waals surface area contributed by atoms with Crippen LogP contribution < -0.4 is 5.11 Å². The highest BCUT2D eigenvalue weighted by atomic mass is 16.6. The van der Waals surface area contributed by atoms with Crippen LogP contribution in [0.25, 0.3) is 0 Å². The number of hydrogen-bond donors (Lipinski definition) is 0. The molecule has 0 heterocycles. The minimum absolute atomic E-state index is 0.623. The van der Waals surface area contributed by atoms with Crippen LogP contribution in [0.15, 0.2) is 18.2 Å². The fourth-order valence-corrected chi connectivity index (χ4v) is 0.804. The fourth-order valence-electron chi connectivity index (χ4n) is 0.804. The minimum Gasteiger partial charge on any atom is -0.872 e. The molecule has 0 fully saturated rings. The minimum atomic E-state index is -0.959. The van der Waals surface area contributed by atoms with Crippen molar-refractivity contribution in [3.63, 3.8) is 0 Å². The van der Waals surface area contributed by atoms with Crippen LogP contribution in [0.3, 0.4) is 0 Å². The topological polar surface area (TPSA) is 109 Å². The zero-order chi connectivity index (χ0) is 10.0. The van der Waals surface area contributed by atoms with Crippen molar-refractivity contribution >= 4 is 11.4 Å². The molecule has 0 saturated carbocycles. The van der Waals surface area contributed by atoms with E-state index in [4.69, 9.17) is 0 Å². The zero-order valence-electron chi connectivity index (χ0n) is 6.17. The zero-order valence-corrected chi connectivity index (χ0v) is 6.17. The molecule has 1 aromatic carbocycles. The third-order valence-electron chi connectivity index (χ3n) is 1.34. The maximum absolute atomic E-state index is 10.6. The molecule has 0 N–H and O–H groups in total. The molecule has 0 amide bonds. The van der Waals surface area contributed by atoms with Gasteiger partial charge in [0.15, 0.2) is 0 Å². The Balaban J connectivity index is 3.35. The summed E-state index contributed by atoms with van der Waals surface area (Å²) < 4.78 is 0. The summed E-state index contributed by atoms with van der Waals surface area (Å²) in [4.78, 5) is 18.6. The summed E-state index contributed by atoms with van der Waals surface area (Å²) >= 11 is 0. The number of nitro groups is 2. The van der Waals surface area contributed by atoms with Gasteiger partial charge in [-0.1, -0.05) is 6.07 Å². The van der Waals surface area contributed by atoms with Crippen LogP contribution in [0.4, 0.5) is 11.4 Å². The first kappa shape index (κ1) is 8.91. The molecule has 0 bridgehead atoms. The Labute approximate surface area is 71.5 Å². The maximum Gasteiger partial charge on any atom is 0.345 e. The van der Waals surface area contributed by atoms with Crippen LogP contribution in [0.5, 0.6) is 5.75 Å². The van der Waals surface area contributed by atoms with Crippen molar-refractivity contribution in [3.8, 4) is 5.75 Å². The number of nitro benzene ring substituents is 2. The third kappa shape index (κ3) is 1.70. The number of benzene rings is 1. The first-order chi connectivity index (χ1) is 6.02. The van der Waals surface area contributed by atoms with Crippen molar-refractivity contribution < 1.29 is 15.0 Å². The Morgan fingerprint density at radius 2 is 1.54 bits per heavy atom. The molecular weight excluding hydrogens is 180 g/mol. The predicted molar refractivity (Wildman–Crippen MR) is 39.2 cm³/mol. The molecular formula is C6H3N2O5-. The molecule has 0 aliphatic heterocycles. The lowest BCUT2D eigenvalue weighted by Gasteiger charge is -2.02. The van der Waals surface area contributed by atoms with Gasteiger partial charge in [-0.2, -0.15) is 0 Å². The Morgan fingerprint density at radius 1 is 1.00 bits per heavy atom. The van der Waals surface area contributed by atoms with Gasteiger partial charge in [-0.05, 0) is 0 Å². The van der Waals surface area contributed by atoms with Crippen LogP contribution in [0.2, 0.25) is 0 Å². The van der Waals surface area contributed by atoms with E-state index in [1.165, 1.54) is 0 Å². The van der Waals surface area contributed by atoms with Gasteiger partial charge in [0.1, 0.15) is 0 Å². The van der Waals surface area contributed by atoms with E-state index in [1.54, 1.807) is 0 Å². The molecule has 0 aliphatic carbocycles. The van der Waals surface area contributed by atoms with E-state index in [2.05, 4.69) is 0 Å². The SMILES string of the molecule is O=[N+]([O-])c1ccc([O-])cc1[N+](=O)[O-]. The van der Waals surface area contributed by atoms with Gasteiger partial charge >= 0.3 is 11.4 Å². The van der Waals surface area contributed by atoms with Gasteiger partial charge in [-0.25, -0.2) is 0 Å². The van der Waals surface area contributed by atoms with Gasteiger partial charge in [0.25, 0.3) is 0 Å². The molecule has 0 atom stereocenters. The summed E-state index contributed by atoms with van der Waals surface area (Å²) in [6, 6.07) is 2.35. The summed E-state index contributed by atoms with van der Waals surface area (Å²) in [5, 5.41) is 31.1. The van der Waals surface area contributed by atoms with Crippen molar-refractivity contribution in [3.05, 3.63) is 38.4 Å². The van der Waals surface area contributed by atoms with E-state index < -0.39 is 27.0 Å². The monoisotopic (exact) mass is 183 g/mol. The quantitative estimate of drug-likeness (QED) is 0.491. The Morgan fingerprint density at radius 3 is 2.00 bits per heavy atom. The number of rotatable bonds is 2. The molecule has 0 saturated heterocycles. The standard InChI is InChI=1S/C6H4N2O5/c9-4-1-2-5(7(10)11)6(3-4)8(12)13/h1-3,9H/p-1. The molecule has 1 aromatic rings. The van der Waals surface area contributed by atoms with E-state index in [0.717, 1.165) is 12.1 Å². The first-order valence-corrected chi connectivity index (χ1v) is 3.12. The van der Waals surface area contributed by atoms with Gasteiger partial charge in [0, 0.05) is 12.1 Å². The molecule has 0 spiro atoms. The highest BCUT2D eigenvalue weighted by Crippen LogP contribution is 2.28. The molecule has 0 radical (unpaired) electrons. The fraction of sp³-hybridized carbons (Fsp3) is 0. The van der Waals surface area contributed by atoms with Crippen molar-refractivity contribution in [2.45, 2.75) is 0 Å². The van der Waals surface area contributed by atoms with Gasteiger partial charge in [-0.15, -0.1) is 5.75 Å². The largest absolute Gasteiger partial charge is 0.872 e. The van der Waals surface area contributed by atoms with Crippen molar-refractivity contribution in [1.82, 2.24) is 0 Å². The molecule has 68 valence electrons. The molecule has 0 aliphatic rings. The molecule has 0 unspecified atom stereocenters. The Bertz CT molecular complexity index is 375. The first-order valence-electron chi connectivity index (χ1n) is 3.12. The van der Waals surface area contributed by atoms with Crippen LogP contribution in [0.1, 0.15) is 0 Å². The van der Waals surface area contributed by atoms with Crippen molar-refractivity contribution in [2.75, 3.05) is 0 Å². The highest BCUT2D eigenvalue weighted by molar-refractivity contribution is 5.55. The van der Waals surface area contributed by atoms with Crippen LogP contribution in [-0.2, 0) is 0 Å². The number of nitrogens with zero attached hydrogens (tertiary/aromatic N) is 2. The Kier molecular flexibility index (Phi) is 2.09. The van der Waals surface area contributed by atoms with Gasteiger partial charge in [0.05, 0.1) is 9.85 Å².